The molecule has 1 saturated heterocycles. The topological polar surface area (TPSA) is 78.6 Å². The molecule has 0 spiro atoms. The molecular weight excluding hydrogens is 365 g/mol. The van der Waals surface area contributed by atoms with Gasteiger partial charge in [0.2, 0.25) is 0 Å². The maximum absolute atomic E-state index is 11.5. The van der Waals surface area contributed by atoms with Gasteiger partial charge in [0.15, 0.2) is 0 Å². The van der Waals surface area contributed by atoms with Gasteiger partial charge < -0.3 is 10.4 Å². The Morgan fingerprint density at radius 3 is 2.40 bits per heavy atom. The van der Waals surface area contributed by atoms with Crippen molar-refractivity contribution in [1.82, 2.24) is 10.2 Å². The Kier molecular flexibility index (Phi) is 8.93. The fourth-order valence-electron chi connectivity index (χ4n) is 4.10. The molecule has 0 radical (unpaired) electrons. The van der Waals surface area contributed by atoms with E-state index in [1.165, 1.54) is 31.4 Å². The summed E-state index contributed by atoms with van der Waals surface area (Å²) in [6.45, 7) is 3.62. The Labute approximate surface area is 160 Å². The molecule has 2 fully saturated rings. The highest BCUT2D eigenvalue weighted by molar-refractivity contribution is 5.85. The van der Waals surface area contributed by atoms with Crippen LogP contribution in [0.4, 0.5) is 5.69 Å². The zero-order chi connectivity index (χ0) is 16.2. The Morgan fingerprint density at radius 2 is 1.80 bits per heavy atom. The van der Waals surface area contributed by atoms with Crippen molar-refractivity contribution in [1.29, 1.82) is 0 Å². The lowest BCUT2D eigenvalue weighted by Gasteiger charge is -2.40. The van der Waals surface area contributed by atoms with Crippen LogP contribution in [0.5, 0.6) is 5.75 Å². The van der Waals surface area contributed by atoms with Gasteiger partial charge in [-0.05, 0) is 30.9 Å². The molecule has 1 heterocycles. The maximum atomic E-state index is 11.5. The van der Waals surface area contributed by atoms with E-state index in [1.54, 1.807) is 6.07 Å². The first-order chi connectivity index (χ1) is 11.2. The van der Waals surface area contributed by atoms with E-state index in [0.717, 1.165) is 39.0 Å². The van der Waals surface area contributed by atoms with Crippen LogP contribution < -0.4 is 5.32 Å². The van der Waals surface area contributed by atoms with Crippen LogP contribution in [0.2, 0.25) is 0 Å². The summed E-state index contributed by atoms with van der Waals surface area (Å²) in [5.41, 5.74) is 0.820. The van der Waals surface area contributed by atoms with Crippen LogP contribution in [0.15, 0.2) is 18.2 Å². The molecule has 25 heavy (non-hydrogen) atoms. The van der Waals surface area contributed by atoms with E-state index in [0.29, 0.717) is 11.5 Å². The van der Waals surface area contributed by atoms with E-state index in [4.69, 9.17) is 0 Å². The van der Waals surface area contributed by atoms with Crippen LogP contribution in [0.25, 0.3) is 0 Å². The van der Waals surface area contributed by atoms with Gasteiger partial charge in [0.25, 0.3) is 5.69 Å². The van der Waals surface area contributed by atoms with E-state index >= 15 is 0 Å². The fourth-order valence-corrected chi connectivity index (χ4v) is 4.10. The van der Waals surface area contributed by atoms with Crippen molar-refractivity contribution in [3.05, 3.63) is 33.9 Å². The van der Waals surface area contributed by atoms with Crippen LogP contribution in [-0.2, 0) is 0 Å². The molecule has 1 atom stereocenters. The highest BCUT2D eigenvalue weighted by Crippen LogP contribution is 2.42. The lowest BCUT2D eigenvalue weighted by molar-refractivity contribution is -0.386. The van der Waals surface area contributed by atoms with Crippen LogP contribution in [-0.4, -0.2) is 41.1 Å². The minimum absolute atomic E-state index is 0. The molecule has 2 N–H and O–H groups in total. The van der Waals surface area contributed by atoms with Gasteiger partial charge in [-0.1, -0.05) is 19.3 Å². The first-order valence-electron chi connectivity index (χ1n) is 8.59. The van der Waals surface area contributed by atoms with Crippen molar-refractivity contribution in [2.45, 2.75) is 38.1 Å². The Morgan fingerprint density at radius 1 is 1.16 bits per heavy atom. The molecule has 8 heteroatoms. The number of rotatable bonds is 4. The van der Waals surface area contributed by atoms with Gasteiger partial charge in [0.05, 0.1) is 10.5 Å². The number of aromatic hydroxyl groups is 1. The quantitative estimate of drug-likeness (QED) is 0.604. The van der Waals surface area contributed by atoms with Gasteiger partial charge in [-0.15, -0.1) is 24.8 Å². The monoisotopic (exact) mass is 391 g/mol. The van der Waals surface area contributed by atoms with E-state index in [9.17, 15) is 15.2 Å². The molecule has 0 amide bonds. The third kappa shape index (κ3) is 5.20. The summed E-state index contributed by atoms with van der Waals surface area (Å²) >= 11 is 0. The predicted octanol–water partition coefficient (Wildman–Crippen LogP) is 3.67. The molecule has 0 aromatic heterocycles. The van der Waals surface area contributed by atoms with E-state index in [1.807, 2.05) is 0 Å². The smallest absolute Gasteiger partial charge is 0.274 e. The number of piperazine rings is 1. The number of hydrogen-bond donors (Lipinski definition) is 2. The van der Waals surface area contributed by atoms with Gasteiger partial charge in [0.1, 0.15) is 5.75 Å². The molecule has 1 aliphatic carbocycles. The number of benzene rings is 1. The van der Waals surface area contributed by atoms with E-state index in [2.05, 4.69) is 10.2 Å². The van der Waals surface area contributed by atoms with Crippen molar-refractivity contribution in [2.75, 3.05) is 26.2 Å². The van der Waals surface area contributed by atoms with Crippen molar-refractivity contribution >= 4 is 30.5 Å². The normalized spacial score (nSPS) is 20.2. The van der Waals surface area contributed by atoms with Crippen molar-refractivity contribution in [3.8, 4) is 5.75 Å². The van der Waals surface area contributed by atoms with Crippen molar-refractivity contribution < 1.29 is 10.0 Å². The summed E-state index contributed by atoms with van der Waals surface area (Å²) in [6.07, 6.45) is 5.87. The van der Waals surface area contributed by atoms with E-state index in [-0.39, 0.29) is 47.2 Å². The number of phenols is 1. The molecule has 1 saturated carbocycles. The minimum Gasteiger partial charge on any atom is -0.508 e. The molecule has 0 bridgehead atoms. The number of nitro benzene ring substituents is 1. The summed E-state index contributed by atoms with van der Waals surface area (Å²) < 4.78 is 0. The number of halogens is 2. The van der Waals surface area contributed by atoms with Gasteiger partial charge in [-0.2, -0.15) is 0 Å². The highest BCUT2D eigenvalue weighted by Gasteiger charge is 2.35. The van der Waals surface area contributed by atoms with Gasteiger partial charge in [-0.3, -0.25) is 15.0 Å². The van der Waals surface area contributed by atoms with E-state index < -0.39 is 0 Å². The average Bonchev–Trinajstić information content (AvgIpc) is 2.57. The molecule has 0 unspecified atom stereocenters. The van der Waals surface area contributed by atoms with Gasteiger partial charge >= 0.3 is 0 Å². The van der Waals surface area contributed by atoms with Crippen LogP contribution >= 0.6 is 24.8 Å². The number of hydrogen-bond acceptors (Lipinski definition) is 5. The predicted molar refractivity (Wildman–Crippen MR) is 103 cm³/mol. The number of nitrogens with one attached hydrogen (secondary N) is 1. The highest BCUT2D eigenvalue weighted by atomic mass is 35.5. The number of nitrogens with zero attached hydrogens (tertiary/aromatic N) is 2. The zero-order valence-electron chi connectivity index (χ0n) is 14.2. The van der Waals surface area contributed by atoms with Crippen molar-refractivity contribution in [2.24, 2.45) is 5.92 Å². The zero-order valence-corrected chi connectivity index (χ0v) is 15.9. The summed E-state index contributed by atoms with van der Waals surface area (Å²) in [6, 6.07) is 4.50. The molecular formula is C17H27Cl2N3O3. The first kappa shape index (κ1) is 22.0. The van der Waals surface area contributed by atoms with Crippen LogP contribution in [0.1, 0.15) is 43.7 Å². The molecule has 1 aromatic carbocycles. The molecule has 2 aliphatic rings. The van der Waals surface area contributed by atoms with Crippen LogP contribution in [0.3, 0.4) is 0 Å². The molecule has 1 aliphatic heterocycles. The number of phenolic OH excluding ortho intramolecular Hbond substituents is 1. The third-order valence-corrected chi connectivity index (χ3v) is 5.17. The second-order valence-corrected chi connectivity index (χ2v) is 6.63. The largest absolute Gasteiger partial charge is 0.508 e. The Bertz CT molecular complexity index is 544. The van der Waals surface area contributed by atoms with Gasteiger partial charge in [-0.25, -0.2) is 0 Å². The molecule has 6 nitrogen and oxygen atoms in total. The third-order valence-electron chi connectivity index (χ3n) is 5.17. The number of nitro groups is 1. The lowest BCUT2D eigenvalue weighted by atomic mass is 9.79. The molecule has 142 valence electrons. The lowest BCUT2D eigenvalue weighted by Crippen LogP contribution is -2.47. The average molecular weight is 392 g/mol. The fraction of sp³-hybridized carbons (Fsp3) is 0.647. The second kappa shape index (κ2) is 10.2. The van der Waals surface area contributed by atoms with Gasteiger partial charge in [0, 0.05) is 38.3 Å². The summed E-state index contributed by atoms with van der Waals surface area (Å²) in [4.78, 5) is 13.6. The SMILES string of the molecule is Cl.Cl.O=[N+]([O-])c1ccc(O)cc1[C@@H](C1CCCCC1)N1CCNCC1. The summed E-state index contributed by atoms with van der Waals surface area (Å²) in [5.74, 6) is 0.545. The summed E-state index contributed by atoms with van der Waals surface area (Å²) in [7, 11) is 0. The molecule has 1 aromatic rings. The van der Waals surface area contributed by atoms with Crippen LogP contribution in [0, 0.1) is 16.0 Å². The standard InChI is InChI=1S/C17H25N3O3.2ClH/c21-14-6-7-16(20(22)23)15(12-14)17(13-4-2-1-3-5-13)19-10-8-18-9-11-19;;/h6-7,12-13,17-18,21H,1-5,8-11H2;2*1H/t17-;;/m1../s1. The minimum atomic E-state index is -0.313. The Balaban J connectivity index is 0.00000156. The Hall–Kier alpha value is -1.08. The molecule has 3 rings (SSSR count). The maximum Gasteiger partial charge on any atom is 0.274 e. The summed E-state index contributed by atoms with van der Waals surface area (Å²) in [5, 5.41) is 24.8. The van der Waals surface area contributed by atoms with Crippen molar-refractivity contribution in [3.63, 3.8) is 0 Å². The first-order valence-corrected chi connectivity index (χ1v) is 8.59. The second-order valence-electron chi connectivity index (χ2n) is 6.63.